The van der Waals surface area contributed by atoms with Crippen molar-refractivity contribution in [2.45, 2.75) is 51.0 Å². The maximum absolute atomic E-state index is 13.1. The van der Waals surface area contributed by atoms with Gasteiger partial charge in [0.15, 0.2) is 17.8 Å². The molecule has 1 unspecified atom stereocenters. The first-order chi connectivity index (χ1) is 27.1. The number of benzene rings is 2. The van der Waals surface area contributed by atoms with Crippen LogP contribution in [0.4, 0.5) is 17.2 Å². The Morgan fingerprint density at radius 3 is 2.50 bits per heavy atom. The third-order valence-corrected chi connectivity index (χ3v) is 10.7. The molecule has 1 saturated carbocycles. The lowest BCUT2D eigenvalue weighted by molar-refractivity contribution is -0.136. The number of likely N-dealkylation sites (N-methyl/N-ethyl adjacent to an activating group) is 1. The second kappa shape index (κ2) is 18.0. The van der Waals surface area contributed by atoms with Gasteiger partial charge in [-0.2, -0.15) is 9.61 Å². The van der Waals surface area contributed by atoms with E-state index in [9.17, 15) is 24.0 Å². The third-order valence-electron chi connectivity index (χ3n) is 10.7. The van der Waals surface area contributed by atoms with Crippen LogP contribution in [0.5, 0.6) is 5.75 Å². The number of fused-ring (bicyclic) bond motifs is 1. The zero-order chi connectivity index (χ0) is 39.8. The van der Waals surface area contributed by atoms with Gasteiger partial charge >= 0.3 is 0 Å². The van der Waals surface area contributed by atoms with Gasteiger partial charge in [-0.15, -0.1) is 0 Å². The summed E-state index contributed by atoms with van der Waals surface area (Å²) in [5, 5.41) is 16.5. The summed E-state index contributed by atoms with van der Waals surface area (Å²) in [6.45, 7) is 4.99. The average molecular weight is 765 g/mol. The SMILES string of the molecule is CN(C(=O)c1ccc(N2CCN(CC3CCCCC3)CC2)cc1C=O)C1CCC(=O)NC1=O.COc1cc(N)c(C=N)cc1C(=O)Nc1cnc2cccnn12. The molecule has 4 amide bonds. The maximum atomic E-state index is 13.1. The van der Waals surface area contributed by atoms with Crippen LogP contribution in [0.1, 0.15) is 81.6 Å². The molecule has 5 N–H and O–H groups in total. The van der Waals surface area contributed by atoms with Gasteiger partial charge in [0.2, 0.25) is 11.8 Å². The summed E-state index contributed by atoms with van der Waals surface area (Å²) in [7, 11) is 2.99. The molecule has 3 aliphatic rings. The van der Waals surface area contributed by atoms with Crippen LogP contribution in [0, 0.1) is 11.3 Å². The summed E-state index contributed by atoms with van der Waals surface area (Å²) < 4.78 is 6.71. The van der Waals surface area contributed by atoms with E-state index in [0.29, 0.717) is 40.3 Å². The van der Waals surface area contributed by atoms with Gasteiger partial charge in [0.25, 0.3) is 11.8 Å². The van der Waals surface area contributed by atoms with Gasteiger partial charge < -0.3 is 31.0 Å². The minimum atomic E-state index is -0.716. The number of piperazine rings is 1. The summed E-state index contributed by atoms with van der Waals surface area (Å²) >= 11 is 0. The Morgan fingerprint density at radius 2 is 1.80 bits per heavy atom. The summed E-state index contributed by atoms with van der Waals surface area (Å²) in [4.78, 5) is 71.3. The van der Waals surface area contributed by atoms with E-state index >= 15 is 0 Å². The van der Waals surface area contributed by atoms with Crippen LogP contribution in [0.2, 0.25) is 0 Å². The lowest BCUT2D eigenvalue weighted by Crippen LogP contribution is -2.53. The first kappa shape index (κ1) is 39.5. The zero-order valence-corrected chi connectivity index (χ0v) is 31.7. The molecule has 1 atom stereocenters. The van der Waals surface area contributed by atoms with Crippen molar-refractivity contribution < 1.29 is 28.7 Å². The van der Waals surface area contributed by atoms with Gasteiger partial charge in [0.05, 0.1) is 24.4 Å². The summed E-state index contributed by atoms with van der Waals surface area (Å²) in [6, 6.07) is 11.2. The van der Waals surface area contributed by atoms with Crippen LogP contribution in [0.25, 0.3) is 5.65 Å². The number of methoxy groups -OCH3 is 1. The maximum Gasteiger partial charge on any atom is 0.260 e. The second-order valence-electron chi connectivity index (χ2n) is 14.3. The number of nitrogen functional groups attached to an aromatic ring is 1. The molecule has 2 aromatic carbocycles. The van der Waals surface area contributed by atoms with Crippen molar-refractivity contribution in [2.24, 2.45) is 5.92 Å². The van der Waals surface area contributed by atoms with Crippen molar-refractivity contribution in [3.05, 3.63) is 77.1 Å². The number of carbonyl (C=O) groups is 5. The predicted molar refractivity (Wildman–Crippen MR) is 212 cm³/mol. The van der Waals surface area contributed by atoms with Gasteiger partial charge in [0, 0.05) is 87.2 Å². The van der Waals surface area contributed by atoms with Crippen LogP contribution in [-0.4, -0.2) is 113 Å². The summed E-state index contributed by atoms with van der Waals surface area (Å²) in [5.41, 5.74) is 9.03. The molecular weight excluding hydrogens is 717 g/mol. The molecule has 4 aromatic rings. The van der Waals surface area contributed by atoms with Gasteiger partial charge in [-0.05, 0) is 61.6 Å². The Morgan fingerprint density at radius 1 is 1.04 bits per heavy atom. The van der Waals surface area contributed by atoms with Crippen LogP contribution >= 0.6 is 0 Å². The van der Waals surface area contributed by atoms with Crippen molar-refractivity contribution in [3.63, 3.8) is 0 Å². The Hall–Kier alpha value is -6.16. The minimum absolute atomic E-state index is 0.195. The lowest BCUT2D eigenvalue weighted by atomic mass is 9.89. The number of imidazole rings is 1. The number of aldehydes is 1. The van der Waals surface area contributed by atoms with Crippen LogP contribution < -0.4 is 26.0 Å². The number of ether oxygens (including phenoxy) is 1. The normalized spacial score (nSPS) is 17.7. The second-order valence-corrected chi connectivity index (χ2v) is 14.3. The summed E-state index contributed by atoms with van der Waals surface area (Å²) in [5.74, 6) is -0.00827. The molecule has 56 heavy (non-hydrogen) atoms. The Labute approximate surface area is 324 Å². The number of carbonyl (C=O) groups excluding carboxylic acids is 5. The highest BCUT2D eigenvalue weighted by Gasteiger charge is 2.33. The largest absolute Gasteiger partial charge is 0.496 e. The van der Waals surface area contributed by atoms with E-state index in [-0.39, 0.29) is 29.9 Å². The first-order valence-electron chi connectivity index (χ1n) is 18.9. The highest BCUT2D eigenvalue weighted by Crippen LogP contribution is 2.28. The number of nitrogens with one attached hydrogen (secondary N) is 3. The third kappa shape index (κ3) is 9.03. The standard InChI is InChI=1S/C25H34N4O4.C15H14N6O2/c1-27(22-9-10-23(31)26-24(22)32)25(33)21-8-7-20(15-19(21)17-30)29-13-11-28(12-14-29)16-18-5-3-2-4-6-18;1-23-12-6-11(17)9(7-16)5-10(12)15(22)20-14-8-18-13-3-2-4-19-21(13)14/h7-8,15,17-18,22H,2-6,9-14,16H2,1H3,(H,26,31,32);2-8,16H,17H2,1H3,(H,20,22). The molecule has 1 aliphatic carbocycles. The molecule has 2 saturated heterocycles. The van der Waals surface area contributed by atoms with E-state index < -0.39 is 23.8 Å². The zero-order valence-electron chi connectivity index (χ0n) is 31.7. The van der Waals surface area contributed by atoms with Gasteiger partial charge in [0.1, 0.15) is 11.8 Å². The fraction of sp³-hybridized carbons (Fsp3) is 0.400. The number of hydrogen-bond acceptors (Lipinski definition) is 12. The van der Waals surface area contributed by atoms with E-state index in [4.69, 9.17) is 15.9 Å². The number of nitrogens with two attached hydrogens (primary N) is 1. The molecule has 4 heterocycles. The van der Waals surface area contributed by atoms with E-state index in [1.54, 1.807) is 30.5 Å². The van der Waals surface area contributed by atoms with E-state index in [1.807, 2.05) is 6.07 Å². The molecule has 7 rings (SSSR count). The van der Waals surface area contributed by atoms with Gasteiger partial charge in [-0.1, -0.05) is 19.3 Å². The van der Waals surface area contributed by atoms with Crippen molar-refractivity contribution in [1.29, 1.82) is 5.41 Å². The number of imide groups is 1. The predicted octanol–water partition coefficient (Wildman–Crippen LogP) is 3.65. The molecule has 16 nitrogen and oxygen atoms in total. The molecule has 2 aromatic heterocycles. The molecule has 16 heteroatoms. The summed E-state index contributed by atoms with van der Waals surface area (Å²) in [6.07, 6.45) is 12.2. The molecule has 0 bridgehead atoms. The van der Waals surface area contributed by atoms with E-state index in [0.717, 1.165) is 44.0 Å². The van der Waals surface area contributed by atoms with Crippen molar-refractivity contribution >= 4 is 59.0 Å². The quantitative estimate of drug-likeness (QED) is 0.0793. The number of amides is 4. The number of piperidine rings is 1. The van der Waals surface area contributed by atoms with Crippen LogP contribution in [0.3, 0.4) is 0 Å². The molecule has 294 valence electrons. The topological polar surface area (TPSA) is 208 Å². The van der Waals surface area contributed by atoms with Gasteiger partial charge in [-0.3, -0.25) is 34.2 Å². The Bertz CT molecular complexity index is 2100. The van der Waals surface area contributed by atoms with Gasteiger partial charge in [-0.25, -0.2) is 4.98 Å². The highest BCUT2D eigenvalue weighted by atomic mass is 16.5. The minimum Gasteiger partial charge on any atom is -0.496 e. The first-order valence-corrected chi connectivity index (χ1v) is 18.9. The average Bonchev–Trinajstić information content (AvgIpc) is 3.63. The Balaban J connectivity index is 0.000000202. The van der Waals surface area contributed by atoms with E-state index in [1.165, 1.54) is 80.6 Å². The smallest absolute Gasteiger partial charge is 0.260 e. The van der Waals surface area contributed by atoms with Crippen molar-refractivity contribution in [1.82, 2.24) is 29.7 Å². The van der Waals surface area contributed by atoms with Crippen LogP contribution in [0.15, 0.2) is 54.9 Å². The number of aromatic nitrogens is 3. The molecule has 0 radical (unpaired) electrons. The highest BCUT2D eigenvalue weighted by molar-refractivity contribution is 6.08. The number of nitrogens with zero attached hydrogens (tertiary/aromatic N) is 6. The van der Waals surface area contributed by atoms with Crippen LogP contribution in [-0.2, 0) is 9.59 Å². The molecule has 3 fully saturated rings. The number of anilines is 3. The molecular formula is C40H48N10O6. The van der Waals surface area contributed by atoms with Crippen molar-refractivity contribution in [2.75, 3.05) is 62.8 Å². The number of rotatable bonds is 10. The fourth-order valence-corrected chi connectivity index (χ4v) is 7.53. The number of hydrogen-bond donors (Lipinski definition) is 4. The Kier molecular flexibility index (Phi) is 12.7. The van der Waals surface area contributed by atoms with E-state index in [2.05, 4.69) is 30.5 Å². The molecule has 2 aliphatic heterocycles. The monoisotopic (exact) mass is 764 g/mol. The molecule has 0 spiro atoms. The fourth-order valence-electron chi connectivity index (χ4n) is 7.53. The van der Waals surface area contributed by atoms with Crippen molar-refractivity contribution in [3.8, 4) is 5.75 Å². The lowest BCUT2D eigenvalue weighted by Gasteiger charge is -2.38.